The molecule has 0 saturated carbocycles. The van der Waals surface area contributed by atoms with Crippen molar-refractivity contribution >= 4 is 44.9 Å². The lowest BCUT2D eigenvalue weighted by atomic mass is 10.2. The number of aromatic nitrogens is 1. The largest absolute Gasteiger partial charge is 0.371 e. The average Bonchev–Trinajstić information content (AvgIpc) is 2.38. The minimum absolute atomic E-state index is 0.0387. The van der Waals surface area contributed by atoms with Crippen LogP contribution in [0.15, 0.2) is 22.7 Å². The Morgan fingerprint density at radius 1 is 1.15 bits per heavy atom. The Hall–Kier alpha value is -1.40. The first kappa shape index (κ1) is 15.0. The fourth-order valence-corrected chi connectivity index (χ4v) is 2.32. The Bertz CT molecular complexity index is 665. The van der Waals surface area contributed by atoms with E-state index in [0.717, 1.165) is 11.6 Å². The van der Waals surface area contributed by atoms with E-state index in [-0.39, 0.29) is 11.6 Å². The minimum atomic E-state index is -0.787. The summed E-state index contributed by atoms with van der Waals surface area (Å²) >= 11 is 9.38. The summed E-state index contributed by atoms with van der Waals surface area (Å²) in [6.45, 7) is 1.85. The van der Waals surface area contributed by atoms with E-state index in [2.05, 4.69) is 31.5 Å². The van der Waals surface area contributed by atoms with Crippen molar-refractivity contribution in [3.63, 3.8) is 0 Å². The molecule has 106 valence electrons. The van der Waals surface area contributed by atoms with Crippen LogP contribution in [0.25, 0.3) is 0 Å². The molecule has 1 heterocycles. The molecule has 0 amide bonds. The van der Waals surface area contributed by atoms with Crippen LogP contribution in [0.4, 0.5) is 26.1 Å². The number of hydrogen-bond acceptors (Lipinski definition) is 3. The normalized spacial score (nSPS) is 10.5. The van der Waals surface area contributed by atoms with Gasteiger partial charge in [-0.3, -0.25) is 0 Å². The molecule has 0 aliphatic rings. The Morgan fingerprint density at radius 3 is 2.45 bits per heavy atom. The van der Waals surface area contributed by atoms with Crippen molar-refractivity contribution in [3.05, 3.63) is 44.9 Å². The van der Waals surface area contributed by atoms with Gasteiger partial charge >= 0.3 is 0 Å². The summed E-state index contributed by atoms with van der Waals surface area (Å²) in [5, 5.41) is 5.87. The summed E-state index contributed by atoms with van der Waals surface area (Å²) in [7, 11) is 1.51. The van der Waals surface area contributed by atoms with E-state index in [1.54, 1.807) is 12.1 Å². The molecule has 0 radical (unpaired) electrons. The van der Waals surface area contributed by atoms with Crippen molar-refractivity contribution in [2.45, 2.75) is 6.92 Å². The van der Waals surface area contributed by atoms with Crippen LogP contribution in [0.3, 0.4) is 0 Å². The van der Waals surface area contributed by atoms with E-state index in [4.69, 9.17) is 11.6 Å². The van der Waals surface area contributed by atoms with E-state index in [9.17, 15) is 8.78 Å². The molecule has 0 saturated heterocycles. The van der Waals surface area contributed by atoms with Gasteiger partial charge in [-0.2, -0.15) is 0 Å². The second-order valence-electron chi connectivity index (χ2n) is 4.11. The number of anilines is 3. The molecule has 0 spiro atoms. The zero-order valence-corrected chi connectivity index (χ0v) is 13.0. The van der Waals surface area contributed by atoms with Gasteiger partial charge < -0.3 is 10.6 Å². The van der Waals surface area contributed by atoms with Crippen LogP contribution in [-0.4, -0.2) is 12.0 Å². The summed E-state index contributed by atoms with van der Waals surface area (Å²) in [5.74, 6) is -1.67. The molecule has 1 aromatic carbocycles. The second kappa shape index (κ2) is 5.93. The highest BCUT2D eigenvalue weighted by atomic mass is 79.9. The molecule has 0 atom stereocenters. The molecule has 0 aliphatic heterocycles. The molecule has 1 aromatic heterocycles. The molecular formula is C13H11BrClF2N3. The van der Waals surface area contributed by atoms with Crippen LogP contribution < -0.4 is 10.6 Å². The van der Waals surface area contributed by atoms with Crippen LogP contribution in [0, 0.1) is 18.6 Å². The molecule has 20 heavy (non-hydrogen) atoms. The Balaban J connectivity index is 2.42. The van der Waals surface area contributed by atoms with Crippen LogP contribution in [-0.2, 0) is 0 Å². The molecule has 7 heteroatoms. The van der Waals surface area contributed by atoms with Crippen LogP contribution in [0.5, 0.6) is 0 Å². The average molecular weight is 363 g/mol. The van der Waals surface area contributed by atoms with Crippen molar-refractivity contribution in [3.8, 4) is 0 Å². The standard InChI is InChI=1S/C13H11BrClF2N3/c1-6-3-7(14)11(4-8(6)15)19-13-10(17)5-9(16)12(18-2)20-13/h3-5H,1-2H3,(H2,18,19,20). The van der Waals surface area contributed by atoms with Crippen LogP contribution in [0.1, 0.15) is 5.56 Å². The quantitative estimate of drug-likeness (QED) is 0.818. The van der Waals surface area contributed by atoms with E-state index >= 15 is 0 Å². The van der Waals surface area contributed by atoms with Gasteiger partial charge in [-0.1, -0.05) is 11.6 Å². The van der Waals surface area contributed by atoms with Crippen molar-refractivity contribution < 1.29 is 8.78 Å². The predicted molar refractivity (Wildman–Crippen MR) is 80.9 cm³/mol. The molecule has 2 rings (SSSR count). The van der Waals surface area contributed by atoms with Gasteiger partial charge in [-0.25, -0.2) is 13.8 Å². The molecule has 0 fully saturated rings. The fourth-order valence-electron chi connectivity index (χ4n) is 1.60. The van der Waals surface area contributed by atoms with Gasteiger partial charge in [0.2, 0.25) is 0 Å². The highest BCUT2D eigenvalue weighted by Gasteiger charge is 2.13. The summed E-state index contributed by atoms with van der Waals surface area (Å²) in [4.78, 5) is 3.84. The van der Waals surface area contributed by atoms with Gasteiger partial charge in [-0.05, 0) is 40.5 Å². The SMILES string of the molecule is CNc1nc(Nc2cc(Cl)c(C)cc2Br)c(F)cc1F. The molecule has 3 nitrogen and oxygen atoms in total. The summed E-state index contributed by atoms with van der Waals surface area (Å²) in [5.41, 5.74) is 1.42. The number of pyridine rings is 1. The number of nitrogens with one attached hydrogen (secondary N) is 2. The van der Waals surface area contributed by atoms with Crippen molar-refractivity contribution in [1.29, 1.82) is 0 Å². The molecule has 0 bridgehead atoms. The number of rotatable bonds is 3. The predicted octanol–water partition coefficient (Wildman–Crippen LogP) is 4.87. The monoisotopic (exact) mass is 361 g/mol. The second-order valence-corrected chi connectivity index (χ2v) is 5.37. The first-order valence-electron chi connectivity index (χ1n) is 5.69. The van der Waals surface area contributed by atoms with E-state index in [1.807, 2.05) is 6.92 Å². The summed E-state index contributed by atoms with van der Waals surface area (Å²) < 4.78 is 27.8. The number of halogens is 4. The first-order chi connectivity index (χ1) is 9.42. The Kier molecular flexibility index (Phi) is 4.45. The lowest BCUT2D eigenvalue weighted by Gasteiger charge is -2.12. The van der Waals surface area contributed by atoms with Gasteiger partial charge in [0.15, 0.2) is 23.3 Å². The third-order valence-electron chi connectivity index (χ3n) is 2.67. The highest BCUT2D eigenvalue weighted by molar-refractivity contribution is 9.10. The van der Waals surface area contributed by atoms with Gasteiger partial charge in [0.1, 0.15) is 0 Å². The lowest BCUT2D eigenvalue weighted by Crippen LogP contribution is -2.04. The summed E-state index contributed by atoms with van der Waals surface area (Å²) in [6.07, 6.45) is 0. The number of nitrogens with zero attached hydrogens (tertiary/aromatic N) is 1. The topological polar surface area (TPSA) is 37.0 Å². The molecule has 2 aromatic rings. The van der Waals surface area contributed by atoms with Crippen LogP contribution >= 0.6 is 27.5 Å². The van der Waals surface area contributed by atoms with Crippen molar-refractivity contribution in [2.24, 2.45) is 0 Å². The number of hydrogen-bond donors (Lipinski definition) is 2. The van der Waals surface area contributed by atoms with E-state index in [0.29, 0.717) is 15.2 Å². The van der Waals surface area contributed by atoms with Crippen LogP contribution in [0.2, 0.25) is 5.02 Å². The third kappa shape index (κ3) is 3.02. The zero-order chi connectivity index (χ0) is 14.9. The van der Waals surface area contributed by atoms with Crippen molar-refractivity contribution in [2.75, 3.05) is 17.7 Å². The molecular weight excluding hydrogens is 352 g/mol. The van der Waals surface area contributed by atoms with E-state index in [1.165, 1.54) is 7.05 Å². The highest BCUT2D eigenvalue weighted by Crippen LogP contribution is 2.32. The fraction of sp³-hybridized carbons (Fsp3) is 0.154. The number of aryl methyl sites for hydroxylation is 1. The Morgan fingerprint density at radius 2 is 1.80 bits per heavy atom. The smallest absolute Gasteiger partial charge is 0.169 e. The first-order valence-corrected chi connectivity index (χ1v) is 6.86. The third-order valence-corrected chi connectivity index (χ3v) is 3.73. The maximum atomic E-state index is 13.7. The van der Waals surface area contributed by atoms with Gasteiger partial charge in [0, 0.05) is 22.6 Å². The zero-order valence-electron chi connectivity index (χ0n) is 10.7. The van der Waals surface area contributed by atoms with Gasteiger partial charge in [-0.15, -0.1) is 0 Å². The van der Waals surface area contributed by atoms with E-state index < -0.39 is 11.6 Å². The van der Waals surface area contributed by atoms with Crippen molar-refractivity contribution in [1.82, 2.24) is 4.98 Å². The van der Waals surface area contributed by atoms with Gasteiger partial charge in [0.05, 0.1) is 5.69 Å². The summed E-state index contributed by atoms with van der Waals surface area (Å²) in [6, 6.07) is 4.21. The number of benzene rings is 1. The maximum absolute atomic E-state index is 13.7. The van der Waals surface area contributed by atoms with Gasteiger partial charge in [0.25, 0.3) is 0 Å². The maximum Gasteiger partial charge on any atom is 0.169 e. The molecule has 0 unspecified atom stereocenters. The lowest BCUT2D eigenvalue weighted by molar-refractivity contribution is 0.580. The minimum Gasteiger partial charge on any atom is -0.371 e. The Labute approximate surface area is 128 Å². The molecule has 2 N–H and O–H groups in total. The molecule has 0 aliphatic carbocycles.